The quantitative estimate of drug-likeness (QED) is 0.632. The van der Waals surface area contributed by atoms with Gasteiger partial charge in [0.25, 0.3) is 0 Å². The first-order chi connectivity index (χ1) is 11.2. The van der Waals surface area contributed by atoms with Gasteiger partial charge in [0, 0.05) is 11.1 Å². The third kappa shape index (κ3) is 5.64. The van der Waals surface area contributed by atoms with Gasteiger partial charge in [-0.05, 0) is 55.4 Å². The minimum absolute atomic E-state index is 0.101. The van der Waals surface area contributed by atoms with Crippen LogP contribution >= 0.6 is 0 Å². The van der Waals surface area contributed by atoms with Gasteiger partial charge in [0.2, 0.25) is 0 Å². The molecule has 1 rings (SSSR count). The molecule has 0 heterocycles. The number of nitrogens with zero attached hydrogens (tertiary/aromatic N) is 2. The fourth-order valence-electron chi connectivity index (χ4n) is 2.52. The zero-order valence-corrected chi connectivity index (χ0v) is 17.0. The van der Waals surface area contributed by atoms with E-state index >= 15 is 0 Å². The number of nitriles is 2. The molecule has 0 unspecified atom stereocenters. The van der Waals surface area contributed by atoms with E-state index in [1.165, 1.54) is 0 Å². The molecule has 0 spiro atoms. The van der Waals surface area contributed by atoms with E-state index in [4.69, 9.17) is 15.3 Å². The summed E-state index contributed by atoms with van der Waals surface area (Å²) in [5.41, 5.74) is 2.53. The van der Waals surface area contributed by atoms with Crippen LogP contribution in [0.2, 0.25) is 0 Å². The zero-order valence-electron chi connectivity index (χ0n) is 17.0. The van der Waals surface area contributed by atoms with Crippen LogP contribution < -0.4 is 4.74 Å². The van der Waals surface area contributed by atoms with E-state index in [2.05, 4.69) is 41.5 Å². The standard InChI is InChI=1S/C22H30N2O/c1-20(2,3)17-11-15(10-16(13-23)14-24)12-18(21(4,5)6)19(17)25-22(7,8)9/h10-12H,1-9H3. The van der Waals surface area contributed by atoms with Gasteiger partial charge in [-0.1, -0.05) is 41.5 Å². The van der Waals surface area contributed by atoms with E-state index in [-0.39, 0.29) is 22.0 Å². The predicted molar refractivity (Wildman–Crippen MR) is 103 cm³/mol. The highest BCUT2D eigenvalue weighted by Gasteiger charge is 2.30. The van der Waals surface area contributed by atoms with Crippen LogP contribution in [0.5, 0.6) is 5.75 Å². The second-order valence-electron chi connectivity index (χ2n) is 9.44. The van der Waals surface area contributed by atoms with Crippen LogP contribution in [0.1, 0.15) is 79.0 Å². The minimum Gasteiger partial charge on any atom is -0.488 e. The second kappa shape index (κ2) is 6.93. The Labute approximate surface area is 152 Å². The maximum Gasteiger partial charge on any atom is 0.130 e. The number of benzene rings is 1. The largest absolute Gasteiger partial charge is 0.488 e. The van der Waals surface area contributed by atoms with Crippen LogP contribution in [0.15, 0.2) is 17.7 Å². The second-order valence-corrected chi connectivity index (χ2v) is 9.44. The number of rotatable bonds is 2. The average Bonchev–Trinajstić information content (AvgIpc) is 2.41. The van der Waals surface area contributed by atoms with E-state index in [1.807, 2.05) is 45.0 Å². The minimum atomic E-state index is -0.318. The summed E-state index contributed by atoms with van der Waals surface area (Å²) in [7, 11) is 0. The van der Waals surface area contributed by atoms with E-state index in [0.717, 1.165) is 22.4 Å². The van der Waals surface area contributed by atoms with Crippen LogP contribution in [0.25, 0.3) is 6.08 Å². The van der Waals surface area contributed by atoms with Crippen LogP contribution in [0.3, 0.4) is 0 Å². The Balaban J connectivity index is 3.86. The summed E-state index contributed by atoms with van der Waals surface area (Å²) in [6.45, 7) is 19.0. The van der Waals surface area contributed by atoms with E-state index in [9.17, 15) is 0 Å². The average molecular weight is 338 g/mol. The molecule has 0 saturated carbocycles. The molecule has 0 aliphatic carbocycles. The van der Waals surface area contributed by atoms with E-state index in [0.29, 0.717) is 0 Å². The maximum absolute atomic E-state index is 9.09. The first kappa shape index (κ1) is 20.8. The predicted octanol–water partition coefficient (Wildman–Crippen LogP) is 5.89. The summed E-state index contributed by atoms with van der Waals surface area (Å²) in [5.74, 6) is 0.903. The molecule has 0 saturated heterocycles. The molecule has 0 aliphatic rings. The number of allylic oxidation sites excluding steroid dienone is 1. The Morgan fingerprint density at radius 2 is 1.24 bits per heavy atom. The molecule has 1 aromatic rings. The molecule has 3 nitrogen and oxygen atoms in total. The molecular weight excluding hydrogens is 308 g/mol. The van der Waals surface area contributed by atoms with Crippen molar-refractivity contribution in [2.75, 3.05) is 0 Å². The van der Waals surface area contributed by atoms with Crippen molar-refractivity contribution < 1.29 is 4.74 Å². The molecule has 0 bridgehead atoms. The fraction of sp³-hybridized carbons (Fsp3) is 0.545. The van der Waals surface area contributed by atoms with Crippen molar-refractivity contribution in [1.29, 1.82) is 10.5 Å². The van der Waals surface area contributed by atoms with Crippen LogP contribution in [0.4, 0.5) is 0 Å². The molecule has 0 N–H and O–H groups in total. The molecule has 0 amide bonds. The van der Waals surface area contributed by atoms with Crippen molar-refractivity contribution >= 4 is 6.08 Å². The van der Waals surface area contributed by atoms with E-state index in [1.54, 1.807) is 6.08 Å². The summed E-state index contributed by atoms with van der Waals surface area (Å²) in [4.78, 5) is 0. The number of hydrogen-bond donors (Lipinski definition) is 0. The molecule has 0 aliphatic heterocycles. The summed E-state index contributed by atoms with van der Waals surface area (Å²) in [6, 6.07) is 7.94. The lowest BCUT2D eigenvalue weighted by Gasteiger charge is -2.34. The van der Waals surface area contributed by atoms with Crippen molar-refractivity contribution in [3.63, 3.8) is 0 Å². The van der Waals surface area contributed by atoms with Crippen LogP contribution in [0, 0.1) is 22.7 Å². The highest BCUT2D eigenvalue weighted by Crippen LogP contribution is 2.42. The van der Waals surface area contributed by atoms with Crippen molar-refractivity contribution in [2.24, 2.45) is 0 Å². The lowest BCUT2D eigenvalue weighted by molar-refractivity contribution is 0.124. The zero-order chi connectivity index (χ0) is 19.6. The lowest BCUT2D eigenvalue weighted by Crippen LogP contribution is -2.28. The van der Waals surface area contributed by atoms with Gasteiger partial charge >= 0.3 is 0 Å². The van der Waals surface area contributed by atoms with Gasteiger partial charge in [0.15, 0.2) is 0 Å². The summed E-state index contributed by atoms with van der Waals surface area (Å²) < 4.78 is 6.38. The van der Waals surface area contributed by atoms with Crippen molar-refractivity contribution in [2.45, 2.75) is 78.7 Å². The first-order valence-electron chi connectivity index (χ1n) is 8.59. The topological polar surface area (TPSA) is 56.8 Å². The molecule has 0 aromatic heterocycles. The molecule has 25 heavy (non-hydrogen) atoms. The van der Waals surface area contributed by atoms with E-state index < -0.39 is 0 Å². The van der Waals surface area contributed by atoms with Crippen molar-refractivity contribution in [3.8, 4) is 17.9 Å². The summed E-state index contributed by atoms with van der Waals surface area (Å²) in [6.07, 6.45) is 1.64. The Morgan fingerprint density at radius 3 is 1.52 bits per heavy atom. The smallest absolute Gasteiger partial charge is 0.130 e. The van der Waals surface area contributed by atoms with Gasteiger partial charge in [-0.2, -0.15) is 10.5 Å². The van der Waals surface area contributed by atoms with Gasteiger partial charge in [-0.3, -0.25) is 0 Å². The number of ether oxygens (including phenoxy) is 1. The molecule has 3 heteroatoms. The molecule has 134 valence electrons. The van der Waals surface area contributed by atoms with Crippen LogP contribution in [-0.4, -0.2) is 5.60 Å². The van der Waals surface area contributed by atoms with Gasteiger partial charge in [-0.15, -0.1) is 0 Å². The van der Waals surface area contributed by atoms with Gasteiger partial charge in [0.1, 0.15) is 29.1 Å². The molecule has 1 aromatic carbocycles. The van der Waals surface area contributed by atoms with Gasteiger partial charge in [0.05, 0.1) is 0 Å². The Bertz CT molecular complexity index is 701. The first-order valence-corrected chi connectivity index (χ1v) is 8.59. The summed E-state index contributed by atoms with van der Waals surface area (Å²) in [5, 5.41) is 18.2. The lowest BCUT2D eigenvalue weighted by atomic mass is 9.78. The van der Waals surface area contributed by atoms with Crippen molar-refractivity contribution in [3.05, 3.63) is 34.4 Å². The number of hydrogen-bond acceptors (Lipinski definition) is 3. The van der Waals surface area contributed by atoms with Gasteiger partial charge < -0.3 is 4.74 Å². The molecule has 0 radical (unpaired) electrons. The molecule has 0 atom stereocenters. The highest BCUT2D eigenvalue weighted by molar-refractivity contribution is 5.66. The Morgan fingerprint density at radius 1 is 0.840 bits per heavy atom. The molecule has 0 fully saturated rings. The highest BCUT2D eigenvalue weighted by atomic mass is 16.5. The summed E-state index contributed by atoms with van der Waals surface area (Å²) >= 11 is 0. The van der Waals surface area contributed by atoms with Crippen molar-refractivity contribution in [1.82, 2.24) is 0 Å². The normalized spacial score (nSPS) is 12.1. The Hall–Kier alpha value is -2.26. The van der Waals surface area contributed by atoms with Gasteiger partial charge in [-0.25, -0.2) is 0 Å². The fourth-order valence-corrected chi connectivity index (χ4v) is 2.52. The third-order valence-electron chi connectivity index (χ3n) is 3.69. The monoisotopic (exact) mass is 338 g/mol. The molecular formula is C22H30N2O. The Kier molecular flexibility index (Phi) is 5.76. The SMILES string of the molecule is CC(C)(C)Oc1c(C(C)(C)C)cc(C=C(C#N)C#N)cc1C(C)(C)C. The third-order valence-corrected chi connectivity index (χ3v) is 3.69. The van der Waals surface area contributed by atoms with Crippen LogP contribution in [-0.2, 0) is 10.8 Å². The maximum atomic E-state index is 9.09.